The minimum atomic E-state index is -0.363. The molecular weight excluding hydrogens is 318 g/mol. The van der Waals surface area contributed by atoms with Gasteiger partial charge in [-0.15, -0.1) is 0 Å². The number of methoxy groups -OCH3 is 2. The average Bonchev–Trinajstić information content (AvgIpc) is 2.64. The number of carbonyl (C=O) groups is 1. The molecule has 0 saturated heterocycles. The van der Waals surface area contributed by atoms with E-state index in [-0.39, 0.29) is 6.03 Å². The van der Waals surface area contributed by atoms with Gasteiger partial charge in [-0.2, -0.15) is 0 Å². The van der Waals surface area contributed by atoms with E-state index in [2.05, 4.69) is 29.4 Å². The van der Waals surface area contributed by atoms with Crippen molar-refractivity contribution < 1.29 is 14.3 Å². The second-order valence-corrected chi connectivity index (χ2v) is 5.34. The van der Waals surface area contributed by atoms with Gasteiger partial charge in [0.2, 0.25) is 0 Å². The first-order valence-corrected chi connectivity index (χ1v) is 8.26. The number of rotatable bonds is 7. The van der Waals surface area contributed by atoms with Crippen molar-refractivity contribution in [1.82, 2.24) is 0 Å². The topological polar surface area (TPSA) is 62.8 Å². The van der Waals surface area contributed by atoms with E-state index >= 15 is 0 Å². The molecular formula is C19H25N3O3. The molecule has 6 nitrogen and oxygen atoms in total. The molecule has 0 aliphatic rings. The Labute approximate surface area is 148 Å². The zero-order chi connectivity index (χ0) is 18.2. The first-order chi connectivity index (χ1) is 12.1. The van der Waals surface area contributed by atoms with Crippen LogP contribution in [-0.4, -0.2) is 33.3 Å². The fourth-order valence-corrected chi connectivity index (χ4v) is 2.59. The number of benzene rings is 2. The van der Waals surface area contributed by atoms with Crippen molar-refractivity contribution in [3.8, 4) is 11.5 Å². The molecule has 25 heavy (non-hydrogen) atoms. The van der Waals surface area contributed by atoms with E-state index in [0.717, 1.165) is 18.8 Å². The molecule has 2 aromatic rings. The standard InChI is InChI=1S/C19H25N3O3/c1-5-22(6-2)15-12-10-14(11-13-15)20-19(23)21-18-16(24-3)8-7-9-17(18)25-4/h7-13H,5-6H2,1-4H3,(H2,20,21,23). The van der Waals surface area contributed by atoms with E-state index in [9.17, 15) is 4.79 Å². The van der Waals surface area contributed by atoms with Crippen molar-refractivity contribution in [2.75, 3.05) is 42.8 Å². The molecule has 0 saturated carbocycles. The van der Waals surface area contributed by atoms with Crippen LogP contribution >= 0.6 is 0 Å². The summed E-state index contributed by atoms with van der Waals surface area (Å²) in [5.74, 6) is 1.07. The summed E-state index contributed by atoms with van der Waals surface area (Å²) >= 11 is 0. The predicted molar refractivity (Wildman–Crippen MR) is 102 cm³/mol. The molecule has 0 atom stereocenters. The van der Waals surface area contributed by atoms with Crippen molar-refractivity contribution >= 4 is 23.1 Å². The zero-order valence-corrected chi connectivity index (χ0v) is 15.1. The predicted octanol–water partition coefficient (Wildman–Crippen LogP) is 4.19. The number of hydrogen-bond acceptors (Lipinski definition) is 4. The Hall–Kier alpha value is -2.89. The molecule has 0 fully saturated rings. The van der Waals surface area contributed by atoms with Gasteiger partial charge < -0.3 is 25.0 Å². The highest BCUT2D eigenvalue weighted by Crippen LogP contribution is 2.34. The molecule has 0 radical (unpaired) electrons. The van der Waals surface area contributed by atoms with E-state index in [1.165, 1.54) is 0 Å². The van der Waals surface area contributed by atoms with E-state index in [0.29, 0.717) is 22.9 Å². The highest BCUT2D eigenvalue weighted by atomic mass is 16.5. The smallest absolute Gasteiger partial charge is 0.323 e. The summed E-state index contributed by atoms with van der Waals surface area (Å²) in [5.41, 5.74) is 2.33. The molecule has 0 unspecified atom stereocenters. The summed E-state index contributed by atoms with van der Waals surface area (Å²) in [5, 5.41) is 5.59. The molecule has 2 amide bonds. The summed E-state index contributed by atoms with van der Waals surface area (Å²) in [6.45, 7) is 6.11. The minimum Gasteiger partial charge on any atom is -0.494 e. The van der Waals surface area contributed by atoms with E-state index in [1.807, 2.05) is 24.3 Å². The molecule has 2 rings (SSSR count). The van der Waals surface area contributed by atoms with Crippen LogP contribution in [-0.2, 0) is 0 Å². The third-order valence-corrected chi connectivity index (χ3v) is 3.92. The monoisotopic (exact) mass is 343 g/mol. The minimum absolute atomic E-state index is 0.363. The average molecular weight is 343 g/mol. The van der Waals surface area contributed by atoms with Gasteiger partial charge in [-0.05, 0) is 50.2 Å². The zero-order valence-electron chi connectivity index (χ0n) is 15.1. The quantitative estimate of drug-likeness (QED) is 0.791. The van der Waals surface area contributed by atoms with E-state index in [1.54, 1.807) is 32.4 Å². The number of anilines is 3. The van der Waals surface area contributed by atoms with Crippen molar-refractivity contribution in [3.05, 3.63) is 42.5 Å². The van der Waals surface area contributed by atoms with Gasteiger partial charge in [0.15, 0.2) is 0 Å². The molecule has 0 aromatic heterocycles. The Morgan fingerprint density at radius 3 is 1.96 bits per heavy atom. The number of nitrogens with zero attached hydrogens (tertiary/aromatic N) is 1. The maximum atomic E-state index is 12.3. The maximum Gasteiger partial charge on any atom is 0.323 e. The Kier molecular flexibility index (Phi) is 6.51. The normalized spacial score (nSPS) is 10.1. The summed E-state index contributed by atoms with van der Waals surface area (Å²) in [6.07, 6.45) is 0. The third kappa shape index (κ3) is 4.56. The first kappa shape index (κ1) is 18.4. The fourth-order valence-electron chi connectivity index (χ4n) is 2.59. The molecule has 2 N–H and O–H groups in total. The van der Waals surface area contributed by atoms with Crippen LogP contribution in [0.3, 0.4) is 0 Å². The SMILES string of the molecule is CCN(CC)c1ccc(NC(=O)Nc2c(OC)cccc2OC)cc1. The summed E-state index contributed by atoms with van der Waals surface area (Å²) in [6, 6.07) is 12.7. The Morgan fingerprint density at radius 2 is 1.48 bits per heavy atom. The molecule has 2 aromatic carbocycles. The number of ether oxygens (including phenoxy) is 2. The highest BCUT2D eigenvalue weighted by Gasteiger charge is 2.13. The number of nitrogens with one attached hydrogen (secondary N) is 2. The number of carbonyl (C=O) groups excluding carboxylic acids is 1. The van der Waals surface area contributed by atoms with E-state index in [4.69, 9.17) is 9.47 Å². The van der Waals surface area contributed by atoms with Crippen molar-refractivity contribution in [2.45, 2.75) is 13.8 Å². The van der Waals surface area contributed by atoms with Crippen LogP contribution < -0.4 is 25.0 Å². The van der Waals surface area contributed by atoms with Gasteiger partial charge in [0.1, 0.15) is 17.2 Å². The maximum absolute atomic E-state index is 12.3. The molecule has 0 aliphatic carbocycles. The van der Waals surface area contributed by atoms with Gasteiger partial charge >= 0.3 is 6.03 Å². The van der Waals surface area contributed by atoms with Crippen LogP contribution in [0.25, 0.3) is 0 Å². The van der Waals surface area contributed by atoms with Crippen molar-refractivity contribution in [2.24, 2.45) is 0 Å². The molecule has 0 spiro atoms. The Bertz CT molecular complexity index is 675. The molecule has 0 heterocycles. The largest absolute Gasteiger partial charge is 0.494 e. The Balaban J connectivity index is 2.08. The van der Waals surface area contributed by atoms with Crippen molar-refractivity contribution in [1.29, 1.82) is 0 Å². The van der Waals surface area contributed by atoms with Crippen LogP contribution in [0, 0.1) is 0 Å². The number of para-hydroxylation sites is 1. The van der Waals surface area contributed by atoms with Gasteiger partial charge in [0.05, 0.1) is 14.2 Å². The first-order valence-electron chi connectivity index (χ1n) is 8.26. The molecule has 0 aliphatic heterocycles. The highest BCUT2D eigenvalue weighted by molar-refractivity contribution is 6.01. The lowest BCUT2D eigenvalue weighted by molar-refractivity contribution is 0.262. The third-order valence-electron chi connectivity index (χ3n) is 3.92. The second-order valence-electron chi connectivity index (χ2n) is 5.34. The van der Waals surface area contributed by atoms with Crippen LogP contribution in [0.5, 0.6) is 11.5 Å². The molecule has 6 heteroatoms. The number of urea groups is 1. The van der Waals surface area contributed by atoms with Gasteiger partial charge in [-0.25, -0.2) is 4.79 Å². The van der Waals surface area contributed by atoms with Gasteiger partial charge in [-0.1, -0.05) is 6.07 Å². The fraction of sp³-hybridized carbons (Fsp3) is 0.316. The number of amides is 2. The lowest BCUT2D eigenvalue weighted by Gasteiger charge is -2.21. The van der Waals surface area contributed by atoms with E-state index < -0.39 is 0 Å². The van der Waals surface area contributed by atoms with Gasteiger partial charge in [0, 0.05) is 24.5 Å². The molecule has 0 bridgehead atoms. The lowest BCUT2D eigenvalue weighted by Crippen LogP contribution is -2.22. The van der Waals surface area contributed by atoms with Gasteiger partial charge in [-0.3, -0.25) is 0 Å². The van der Waals surface area contributed by atoms with Crippen LogP contribution in [0.15, 0.2) is 42.5 Å². The summed E-state index contributed by atoms with van der Waals surface area (Å²) in [4.78, 5) is 14.5. The number of hydrogen-bond donors (Lipinski definition) is 2. The second kappa shape index (κ2) is 8.82. The van der Waals surface area contributed by atoms with Gasteiger partial charge in [0.25, 0.3) is 0 Å². The van der Waals surface area contributed by atoms with Crippen LogP contribution in [0.1, 0.15) is 13.8 Å². The summed E-state index contributed by atoms with van der Waals surface area (Å²) in [7, 11) is 3.09. The molecule has 134 valence electrons. The summed E-state index contributed by atoms with van der Waals surface area (Å²) < 4.78 is 10.6. The van der Waals surface area contributed by atoms with Crippen LogP contribution in [0.2, 0.25) is 0 Å². The lowest BCUT2D eigenvalue weighted by atomic mass is 10.2. The van der Waals surface area contributed by atoms with Crippen LogP contribution in [0.4, 0.5) is 21.9 Å². The van der Waals surface area contributed by atoms with Crippen molar-refractivity contribution in [3.63, 3.8) is 0 Å². The Morgan fingerprint density at radius 1 is 0.920 bits per heavy atom.